The SMILES string of the molecule is CC1(O)CC(Nc2nnc(-c3ccc(C=C(F)F)cc3O)c3c2CCCC3)C1. The Labute approximate surface area is 162 Å². The van der Waals surface area contributed by atoms with Crippen molar-refractivity contribution >= 4 is 11.9 Å². The number of phenolic OH excluding ortho intramolecular Hbond substituents is 1. The summed E-state index contributed by atoms with van der Waals surface area (Å²) in [4.78, 5) is 0. The molecule has 3 N–H and O–H groups in total. The van der Waals surface area contributed by atoms with Crippen molar-refractivity contribution in [2.24, 2.45) is 0 Å². The maximum atomic E-state index is 12.5. The van der Waals surface area contributed by atoms with Crippen LogP contribution in [0.2, 0.25) is 0 Å². The van der Waals surface area contributed by atoms with Crippen molar-refractivity contribution < 1.29 is 19.0 Å². The molecule has 1 aromatic heterocycles. The Morgan fingerprint density at radius 1 is 1.18 bits per heavy atom. The molecule has 7 heteroatoms. The molecule has 148 valence electrons. The predicted molar refractivity (Wildman–Crippen MR) is 103 cm³/mol. The zero-order chi connectivity index (χ0) is 19.9. The average Bonchev–Trinajstić information content (AvgIpc) is 2.60. The number of phenols is 1. The summed E-state index contributed by atoms with van der Waals surface area (Å²) in [6.07, 6.45) is 4.03. The highest BCUT2D eigenvalue weighted by Gasteiger charge is 2.39. The second-order valence-electron chi connectivity index (χ2n) is 8.02. The van der Waals surface area contributed by atoms with E-state index in [-0.39, 0.29) is 17.4 Å². The van der Waals surface area contributed by atoms with Crippen LogP contribution in [-0.4, -0.2) is 32.1 Å². The number of nitrogens with one attached hydrogen (secondary N) is 1. The summed E-state index contributed by atoms with van der Waals surface area (Å²) in [6, 6.07) is 4.64. The highest BCUT2D eigenvalue weighted by Crippen LogP contribution is 2.39. The van der Waals surface area contributed by atoms with E-state index in [2.05, 4.69) is 15.5 Å². The van der Waals surface area contributed by atoms with Gasteiger partial charge in [-0.05, 0) is 68.7 Å². The van der Waals surface area contributed by atoms with Crippen molar-refractivity contribution in [3.8, 4) is 17.0 Å². The van der Waals surface area contributed by atoms with Crippen molar-refractivity contribution in [3.63, 3.8) is 0 Å². The van der Waals surface area contributed by atoms with Crippen LogP contribution in [0.25, 0.3) is 17.3 Å². The number of rotatable bonds is 4. The molecule has 1 aromatic carbocycles. The first-order valence-electron chi connectivity index (χ1n) is 9.56. The number of nitrogens with zero attached hydrogens (tertiary/aromatic N) is 2. The van der Waals surface area contributed by atoms with Gasteiger partial charge in [0, 0.05) is 23.2 Å². The number of aliphatic hydroxyl groups is 1. The summed E-state index contributed by atoms with van der Waals surface area (Å²) >= 11 is 0. The van der Waals surface area contributed by atoms with Crippen LogP contribution in [0.4, 0.5) is 14.6 Å². The Kier molecular flexibility index (Phi) is 4.79. The lowest BCUT2D eigenvalue weighted by atomic mass is 9.77. The molecule has 2 aliphatic rings. The van der Waals surface area contributed by atoms with Crippen LogP contribution in [-0.2, 0) is 12.8 Å². The second-order valence-corrected chi connectivity index (χ2v) is 8.02. The van der Waals surface area contributed by atoms with Crippen molar-refractivity contribution in [1.82, 2.24) is 10.2 Å². The first-order chi connectivity index (χ1) is 13.3. The first kappa shape index (κ1) is 18.8. The van der Waals surface area contributed by atoms with Gasteiger partial charge in [0.05, 0.1) is 5.60 Å². The monoisotopic (exact) mass is 387 g/mol. The smallest absolute Gasteiger partial charge is 0.270 e. The number of hydrogen-bond acceptors (Lipinski definition) is 5. The van der Waals surface area contributed by atoms with E-state index in [1.807, 2.05) is 6.92 Å². The topological polar surface area (TPSA) is 78.3 Å². The van der Waals surface area contributed by atoms with Crippen molar-refractivity contribution in [2.75, 3.05) is 5.32 Å². The molecule has 0 atom stereocenters. The molecule has 2 aromatic rings. The molecule has 1 fully saturated rings. The summed E-state index contributed by atoms with van der Waals surface area (Å²) in [5.74, 6) is 0.658. The predicted octanol–water partition coefficient (Wildman–Crippen LogP) is 4.29. The van der Waals surface area contributed by atoms with Gasteiger partial charge in [-0.15, -0.1) is 10.2 Å². The number of aromatic nitrogens is 2. The Morgan fingerprint density at radius 2 is 1.89 bits per heavy atom. The van der Waals surface area contributed by atoms with Crippen molar-refractivity contribution in [2.45, 2.75) is 57.1 Å². The molecule has 0 amide bonds. The third-order valence-electron chi connectivity index (χ3n) is 5.56. The molecule has 0 unspecified atom stereocenters. The van der Waals surface area contributed by atoms with Crippen LogP contribution in [0.5, 0.6) is 5.75 Å². The average molecular weight is 387 g/mol. The maximum Gasteiger partial charge on any atom is 0.270 e. The standard InChI is InChI=1S/C21H23F2N3O2/c1-21(28)10-13(11-21)24-20-15-5-3-2-4-14(15)19(25-26-20)16-7-6-12(8-17(16)27)9-18(22)23/h6-9,13,27-28H,2-5,10-11H2,1H3,(H,24,26). The normalized spacial score (nSPS) is 23.5. The first-order valence-corrected chi connectivity index (χ1v) is 9.56. The van der Waals surface area contributed by atoms with Gasteiger partial charge >= 0.3 is 0 Å². The number of anilines is 1. The van der Waals surface area contributed by atoms with Crippen LogP contribution in [0.1, 0.15) is 49.3 Å². The van der Waals surface area contributed by atoms with Gasteiger partial charge in [-0.3, -0.25) is 0 Å². The van der Waals surface area contributed by atoms with Gasteiger partial charge in [0.1, 0.15) is 11.4 Å². The van der Waals surface area contributed by atoms with E-state index in [0.29, 0.717) is 30.2 Å². The fourth-order valence-electron chi connectivity index (χ4n) is 4.24. The van der Waals surface area contributed by atoms with Crippen LogP contribution in [0.3, 0.4) is 0 Å². The van der Waals surface area contributed by atoms with E-state index >= 15 is 0 Å². The lowest BCUT2D eigenvalue weighted by molar-refractivity contribution is -0.0235. The molecule has 1 heterocycles. The van der Waals surface area contributed by atoms with E-state index in [1.54, 1.807) is 6.07 Å². The Bertz CT molecular complexity index is 931. The number of benzene rings is 1. The van der Waals surface area contributed by atoms with Crippen LogP contribution in [0, 0.1) is 0 Å². The molecule has 0 spiro atoms. The third-order valence-corrected chi connectivity index (χ3v) is 5.56. The fraction of sp³-hybridized carbons (Fsp3) is 0.429. The molecule has 2 aliphatic carbocycles. The quantitative estimate of drug-likeness (QED) is 0.729. The zero-order valence-electron chi connectivity index (χ0n) is 15.7. The highest BCUT2D eigenvalue weighted by atomic mass is 19.3. The number of aromatic hydroxyl groups is 1. The Hall–Kier alpha value is -2.54. The Balaban J connectivity index is 1.68. The van der Waals surface area contributed by atoms with Crippen molar-refractivity contribution in [1.29, 1.82) is 0 Å². The van der Waals surface area contributed by atoms with Crippen LogP contribution < -0.4 is 5.32 Å². The summed E-state index contributed by atoms with van der Waals surface area (Å²) in [7, 11) is 0. The van der Waals surface area contributed by atoms with Crippen LogP contribution in [0.15, 0.2) is 24.3 Å². The van der Waals surface area contributed by atoms with Gasteiger partial charge in [0.25, 0.3) is 6.08 Å². The molecule has 0 saturated heterocycles. The Morgan fingerprint density at radius 3 is 2.54 bits per heavy atom. The zero-order valence-corrected chi connectivity index (χ0v) is 15.7. The largest absolute Gasteiger partial charge is 0.507 e. The molecule has 28 heavy (non-hydrogen) atoms. The molecule has 0 aliphatic heterocycles. The van der Waals surface area contributed by atoms with E-state index in [1.165, 1.54) is 12.1 Å². The minimum Gasteiger partial charge on any atom is -0.507 e. The molecular formula is C21H23F2N3O2. The fourth-order valence-corrected chi connectivity index (χ4v) is 4.24. The highest BCUT2D eigenvalue weighted by molar-refractivity contribution is 5.74. The van der Waals surface area contributed by atoms with Gasteiger partial charge in [0.2, 0.25) is 0 Å². The number of halogens is 2. The summed E-state index contributed by atoms with van der Waals surface area (Å²) in [6.45, 7) is 1.83. The molecule has 0 bridgehead atoms. The van der Waals surface area contributed by atoms with E-state index < -0.39 is 11.7 Å². The summed E-state index contributed by atoms with van der Waals surface area (Å²) in [5, 5.41) is 32.5. The molecule has 1 saturated carbocycles. The van der Waals surface area contributed by atoms with E-state index in [4.69, 9.17) is 0 Å². The number of fused-ring (bicyclic) bond motifs is 1. The lowest BCUT2D eigenvalue weighted by Crippen LogP contribution is -2.48. The lowest BCUT2D eigenvalue weighted by Gasteiger charge is -2.41. The minimum absolute atomic E-state index is 0.0900. The molecule has 4 rings (SSSR count). The van der Waals surface area contributed by atoms with Crippen molar-refractivity contribution in [3.05, 3.63) is 41.0 Å². The molecule has 5 nitrogen and oxygen atoms in total. The van der Waals surface area contributed by atoms with Crippen LogP contribution >= 0.6 is 0 Å². The minimum atomic E-state index is -1.81. The second kappa shape index (κ2) is 7.13. The van der Waals surface area contributed by atoms with E-state index in [9.17, 15) is 19.0 Å². The van der Waals surface area contributed by atoms with Gasteiger partial charge in [-0.2, -0.15) is 8.78 Å². The van der Waals surface area contributed by atoms with E-state index in [0.717, 1.165) is 42.6 Å². The third kappa shape index (κ3) is 3.71. The molecular weight excluding hydrogens is 364 g/mol. The van der Waals surface area contributed by atoms with Gasteiger partial charge < -0.3 is 15.5 Å². The summed E-state index contributed by atoms with van der Waals surface area (Å²) in [5.41, 5.74) is 2.87. The van der Waals surface area contributed by atoms with Gasteiger partial charge in [-0.25, -0.2) is 0 Å². The number of hydrogen-bond donors (Lipinski definition) is 3. The van der Waals surface area contributed by atoms with Gasteiger partial charge in [0.15, 0.2) is 5.82 Å². The van der Waals surface area contributed by atoms with Gasteiger partial charge in [-0.1, -0.05) is 6.07 Å². The maximum absolute atomic E-state index is 12.5. The molecule has 0 radical (unpaired) electrons. The summed E-state index contributed by atoms with van der Waals surface area (Å²) < 4.78 is 24.9.